The number of aromatic nitrogens is 5. The van der Waals surface area contributed by atoms with Crippen molar-refractivity contribution < 1.29 is 14.6 Å². The molecule has 4 rings (SSSR count). The van der Waals surface area contributed by atoms with Crippen molar-refractivity contribution in [1.29, 1.82) is 0 Å². The van der Waals surface area contributed by atoms with Crippen LogP contribution in [0.5, 0.6) is 0 Å². The molecule has 0 saturated carbocycles. The standard InChI is InChI=1S/C21H24N6O3S/c1-26-20-15(10-23-26)5-4-6-18(20)25-31-17-11-24-27(12-17)19-9-16(7-8-22-19)21(28,13-29-2)14-30-3/h4-12,25,28H,13-14H2,1-3H3. The Bertz CT molecular complexity index is 1170. The minimum absolute atomic E-state index is 0.105. The molecule has 9 nitrogen and oxygen atoms in total. The molecule has 3 heterocycles. The third kappa shape index (κ3) is 4.42. The van der Waals surface area contributed by atoms with Crippen molar-refractivity contribution in [1.82, 2.24) is 24.5 Å². The lowest BCUT2D eigenvalue weighted by Crippen LogP contribution is -2.36. The molecule has 4 aromatic rings. The highest BCUT2D eigenvalue weighted by Crippen LogP contribution is 2.28. The van der Waals surface area contributed by atoms with E-state index < -0.39 is 5.60 Å². The van der Waals surface area contributed by atoms with Crippen LogP contribution in [0.3, 0.4) is 0 Å². The van der Waals surface area contributed by atoms with Crippen LogP contribution in [0.25, 0.3) is 16.7 Å². The summed E-state index contributed by atoms with van der Waals surface area (Å²) >= 11 is 1.45. The van der Waals surface area contributed by atoms with Crippen molar-refractivity contribution in [3.63, 3.8) is 0 Å². The summed E-state index contributed by atoms with van der Waals surface area (Å²) in [6, 6.07) is 9.56. The maximum atomic E-state index is 10.9. The zero-order valence-electron chi connectivity index (χ0n) is 17.5. The zero-order chi connectivity index (χ0) is 21.8. The van der Waals surface area contributed by atoms with Gasteiger partial charge in [0.15, 0.2) is 5.82 Å². The first-order chi connectivity index (χ1) is 15.0. The first-order valence-electron chi connectivity index (χ1n) is 9.59. The highest BCUT2D eigenvalue weighted by molar-refractivity contribution is 8.00. The molecule has 2 N–H and O–H groups in total. The van der Waals surface area contributed by atoms with Gasteiger partial charge in [0, 0.05) is 39.0 Å². The summed E-state index contributed by atoms with van der Waals surface area (Å²) in [6.07, 6.45) is 7.11. The van der Waals surface area contributed by atoms with Crippen LogP contribution in [0.1, 0.15) is 5.56 Å². The molecule has 162 valence electrons. The van der Waals surface area contributed by atoms with Gasteiger partial charge in [-0.15, -0.1) is 0 Å². The quantitative estimate of drug-likeness (QED) is 0.383. The van der Waals surface area contributed by atoms with E-state index in [9.17, 15) is 5.11 Å². The number of aliphatic hydroxyl groups is 1. The topological polar surface area (TPSA) is 99.2 Å². The number of fused-ring (bicyclic) bond motifs is 1. The van der Waals surface area contributed by atoms with Crippen LogP contribution in [-0.4, -0.2) is 57.1 Å². The number of nitrogens with zero attached hydrogens (tertiary/aromatic N) is 5. The van der Waals surface area contributed by atoms with Gasteiger partial charge in [0.1, 0.15) is 5.60 Å². The van der Waals surface area contributed by atoms with Gasteiger partial charge in [0.05, 0.1) is 41.7 Å². The summed E-state index contributed by atoms with van der Waals surface area (Å²) in [5.74, 6) is 0.587. The van der Waals surface area contributed by atoms with Gasteiger partial charge in [-0.3, -0.25) is 4.68 Å². The number of methoxy groups -OCH3 is 2. The summed E-state index contributed by atoms with van der Waals surface area (Å²) in [5, 5.41) is 20.7. The van der Waals surface area contributed by atoms with E-state index >= 15 is 0 Å². The lowest BCUT2D eigenvalue weighted by molar-refractivity contribution is -0.0824. The molecule has 0 radical (unpaired) electrons. The zero-order valence-corrected chi connectivity index (χ0v) is 18.3. The average Bonchev–Trinajstić information content (AvgIpc) is 3.40. The van der Waals surface area contributed by atoms with E-state index in [2.05, 4.69) is 19.9 Å². The van der Waals surface area contributed by atoms with Crippen LogP contribution >= 0.6 is 11.9 Å². The van der Waals surface area contributed by atoms with Crippen LogP contribution < -0.4 is 4.72 Å². The molecule has 0 unspecified atom stereocenters. The molecule has 0 atom stereocenters. The fraction of sp³-hybridized carbons (Fsp3) is 0.286. The third-order valence-electron chi connectivity index (χ3n) is 4.88. The number of para-hydroxylation sites is 1. The molecular formula is C21H24N6O3S. The number of rotatable bonds is 9. The molecule has 1 aromatic carbocycles. The smallest absolute Gasteiger partial charge is 0.153 e. The molecule has 10 heteroatoms. The molecule has 31 heavy (non-hydrogen) atoms. The van der Waals surface area contributed by atoms with Gasteiger partial charge in [-0.1, -0.05) is 12.1 Å². The van der Waals surface area contributed by atoms with Gasteiger partial charge in [-0.05, 0) is 35.7 Å². The third-order valence-corrected chi connectivity index (χ3v) is 5.65. The Morgan fingerprint density at radius 1 is 1.13 bits per heavy atom. The number of pyridine rings is 1. The Kier molecular flexibility index (Phi) is 6.23. The van der Waals surface area contributed by atoms with Crippen LogP contribution in [0, 0.1) is 0 Å². The first-order valence-corrected chi connectivity index (χ1v) is 10.4. The normalized spacial score (nSPS) is 11.9. The molecule has 0 bridgehead atoms. The molecule has 0 aliphatic rings. The van der Waals surface area contributed by atoms with Gasteiger partial charge in [0.25, 0.3) is 0 Å². The Morgan fingerprint density at radius 2 is 1.94 bits per heavy atom. The Hall–Kier alpha value is -2.92. The van der Waals surface area contributed by atoms with E-state index in [0.717, 1.165) is 21.5 Å². The number of aryl methyl sites for hydroxylation is 1. The Labute approximate surface area is 184 Å². The maximum absolute atomic E-state index is 10.9. The highest BCUT2D eigenvalue weighted by Gasteiger charge is 2.30. The minimum atomic E-state index is -1.27. The van der Waals surface area contributed by atoms with Crippen molar-refractivity contribution >= 4 is 28.5 Å². The van der Waals surface area contributed by atoms with E-state index in [-0.39, 0.29) is 13.2 Å². The van der Waals surface area contributed by atoms with E-state index in [1.165, 1.54) is 11.9 Å². The highest BCUT2D eigenvalue weighted by atomic mass is 32.2. The van der Waals surface area contributed by atoms with Crippen molar-refractivity contribution in [3.8, 4) is 5.82 Å². The lowest BCUT2D eigenvalue weighted by Gasteiger charge is -2.27. The number of hydrogen-bond donors (Lipinski definition) is 2. The molecular weight excluding hydrogens is 416 g/mol. The molecule has 0 aliphatic heterocycles. The second-order valence-corrected chi connectivity index (χ2v) is 8.02. The molecule has 0 aliphatic carbocycles. The van der Waals surface area contributed by atoms with Gasteiger partial charge in [-0.2, -0.15) is 10.2 Å². The lowest BCUT2D eigenvalue weighted by atomic mass is 9.96. The summed E-state index contributed by atoms with van der Waals surface area (Å²) < 4.78 is 17.2. The molecule has 0 spiro atoms. The first kappa shape index (κ1) is 21.3. The van der Waals surface area contributed by atoms with Crippen molar-refractivity contribution in [2.45, 2.75) is 10.5 Å². The second-order valence-electron chi connectivity index (χ2n) is 7.14. The van der Waals surface area contributed by atoms with Crippen LogP contribution in [0.15, 0.2) is 60.0 Å². The van der Waals surface area contributed by atoms with Crippen molar-refractivity contribution in [2.75, 3.05) is 32.2 Å². The number of nitrogens with one attached hydrogen (secondary N) is 1. The number of anilines is 1. The number of benzene rings is 1. The fourth-order valence-electron chi connectivity index (χ4n) is 3.43. The van der Waals surface area contributed by atoms with Crippen molar-refractivity contribution in [2.24, 2.45) is 7.05 Å². The summed E-state index contributed by atoms with van der Waals surface area (Å²) in [6.45, 7) is 0.210. The van der Waals surface area contributed by atoms with E-state index in [1.807, 2.05) is 42.3 Å². The molecule has 0 saturated heterocycles. The van der Waals surface area contributed by atoms with E-state index in [1.54, 1.807) is 43.4 Å². The fourth-order valence-corrected chi connectivity index (χ4v) is 4.08. The summed E-state index contributed by atoms with van der Waals surface area (Å²) in [5.41, 5.74) is 1.38. The number of ether oxygens (including phenoxy) is 2. The molecule has 0 amide bonds. The van der Waals surface area contributed by atoms with Gasteiger partial charge in [-0.25, -0.2) is 9.67 Å². The van der Waals surface area contributed by atoms with Gasteiger partial charge >= 0.3 is 0 Å². The predicted molar refractivity (Wildman–Crippen MR) is 119 cm³/mol. The monoisotopic (exact) mass is 440 g/mol. The SMILES string of the molecule is COCC(O)(COC)c1ccnc(-n2cc(SNc3cccc4cnn(C)c34)cn2)c1. The molecule has 3 aromatic heterocycles. The van der Waals surface area contributed by atoms with E-state index in [4.69, 9.17) is 9.47 Å². The Balaban J connectivity index is 1.53. The van der Waals surface area contributed by atoms with Crippen molar-refractivity contribution in [3.05, 3.63) is 60.7 Å². The Morgan fingerprint density at radius 3 is 2.71 bits per heavy atom. The summed E-state index contributed by atoms with van der Waals surface area (Å²) in [7, 11) is 5.00. The minimum Gasteiger partial charge on any atom is -0.381 e. The maximum Gasteiger partial charge on any atom is 0.153 e. The predicted octanol–water partition coefficient (Wildman–Crippen LogP) is 2.75. The van der Waals surface area contributed by atoms with Crippen LogP contribution in [-0.2, 0) is 22.1 Å². The van der Waals surface area contributed by atoms with Gasteiger partial charge < -0.3 is 19.3 Å². The second kappa shape index (κ2) is 9.06. The average molecular weight is 441 g/mol. The number of hydrogen-bond acceptors (Lipinski definition) is 8. The van der Waals surface area contributed by atoms with Gasteiger partial charge in [0.2, 0.25) is 0 Å². The largest absolute Gasteiger partial charge is 0.381 e. The molecule has 0 fully saturated rings. The summed E-state index contributed by atoms with van der Waals surface area (Å²) in [4.78, 5) is 5.30. The van der Waals surface area contributed by atoms with Crippen LogP contribution in [0.2, 0.25) is 0 Å². The van der Waals surface area contributed by atoms with Crippen LogP contribution in [0.4, 0.5) is 5.69 Å². The van der Waals surface area contributed by atoms with E-state index in [0.29, 0.717) is 11.4 Å².